The molecule has 1 aliphatic heterocycles. The van der Waals surface area contributed by atoms with E-state index in [-0.39, 0.29) is 24.0 Å². The fourth-order valence-electron chi connectivity index (χ4n) is 2.65. The molecule has 0 saturated carbocycles. The quantitative estimate of drug-likeness (QED) is 0.258. The molecular formula is C17H32IN5OS. The monoisotopic (exact) mass is 481 g/mol. The SMILES string of the molecule is CN=C(NCCCCN1CCOCC1)NCCc1nc(C)c(C)s1.I. The van der Waals surface area contributed by atoms with Gasteiger partial charge >= 0.3 is 0 Å². The van der Waals surface area contributed by atoms with Crippen LogP contribution in [0.5, 0.6) is 0 Å². The number of thiazole rings is 1. The molecule has 1 saturated heterocycles. The van der Waals surface area contributed by atoms with Gasteiger partial charge in [-0.1, -0.05) is 0 Å². The van der Waals surface area contributed by atoms with Gasteiger partial charge in [0.1, 0.15) is 0 Å². The van der Waals surface area contributed by atoms with Crippen molar-refractivity contribution in [1.82, 2.24) is 20.5 Å². The molecule has 8 heteroatoms. The first-order valence-electron chi connectivity index (χ1n) is 8.86. The third-order valence-corrected chi connectivity index (χ3v) is 5.36. The molecule has 0 amide bonds. The molecule has 1 fully saturated rings. The smallest absolute Gasteiger partial charge is 0.190 e. The van der Waals surface area contributed by atoms with E-state index in [9.17, 15) is 0 Å². The Morgan fingerprint density at radius 1 is 1.20 bits per heavy atom. The minimum absolute atomic E-state index is 0. The number of nitrogens with one attached hydrogen (secondary N) is 2. The first-order chi connectivity index (χ1) is 11.7. The highest BCUT2D eigenvalue weighted by Gasteiger charge is 2.09. The summed E-state index contributed by atoms with van der Waals surface area (Å²) in [6.07, 6.45) is 3.31. The van der Waals surface area contributed by atoms with Crippen molar-refractivity contribution in [2.24, 2.45) is 4.99 Å². The molecule has 0 aliphatic carbocycles. The number of guanidine groups is 1. The van der Waals surface area contributed by atoms with Crippen LogP contribution in [0, 0.1) is 13.8 Å². The topological polar surface area (TPSA) is 61.8 Å². The summed E-state index contributed by atoms with van der Waals surface area (Å²) in [6.45, 7) is 11.1. The van der Waals surface area contributed by atoms with E-state index in [0.29, 0.717) is 0 Å². The number of rotatable bonds is 8. The third kappa shape index (κ3) is 8.65. The van der Waals surface area contributed by atoms with Crippen LogP contribution in [0.25, 0.3) is 0 Å². The first kappa shape index (κ1) is 22.6. The summed E-state index contributed by atoms with van der Waals surface area (Å²) < 4.78 is 5.37. The van der Waals surface area contributed by atoms with Gasteiger partial charge in [-0.15, -0.1) is 35.3 Å². The molecule has 1 aromatic rings. The summed E-state index contributed by atoms with van der Waals surface area (Å²) in [5.74, 6) is 0.881. The van der Waals surface area contributed by atoms with Crippen molar-refractivity contribution in [3.63, 3.8) is 0 Å². The molecule has 0 spiro atoms. The van der Waals surface area contributed by atoms with Gasteiger partial charge in [0.2, 0.25) is 0 Å². The zero-order valence-corrected chi connectivity index (χ0v) is 18.8. The number of aryl methyl sites for hydroxylation is 2. The number of hydrogen-bond acceptors (Lipinski definition) is 5. The zero-order chi connectivity index (χ0) is 17.2. The summed E-state index contributed by atoms with van der Waals surface area (Å²) in [7, 11) is 1.82. The summed E-state index contributed by atoms with van der Waals surface area (Å²) in [5, 5.41) is 7.95. The Hall–Kier alpha value is -0.450. The third-order valence-electron chi connectivity index (χ3n) is 4.23. The van der Waals surface area contributed by atoms with Crippen molar-refractivity contribution in [3.05, 3.63) is 15.6 Å². The van der Waals surface area contributed by atoms with Crippen LogP contribution in [0.15, 0.2) is 4.99 Å². The van der Waals surface area contributed by atoms with Gasteiger partial charge in [0.15, 0.2) is 5.96 Å². The van der Waals surface area contributed by atoms with Crippen LogP contribution < -0.4 is 10.6 Å². The standard InChI is InChI=1S/C17H31N5OS.HI/c1-14-15(2)24-16(21-14)6-8-20-17(18-3)19-7-4-5-9-22-10-12-23-13-11-22;/h4-13H2,1-3H3,(H2,18,19,20);1H. The van der Waals surface area contributed by atoms with E-state index in [2.05, 4.69) is 39.4 Å². The molecule has 1 aliphatic rings. The van der Waals surface area contributed by atoms with Gasteiger partial charge in [-0.25, -0.2) is 4.98 Å². The molecule has 0 radical (unpaired) electrons. The Kier molecular flexibility index (Phi) is 11.6. The van der Waals surface area contributed by atoms with Gasteiger partial charge in [0.25, 0.3) is 0 Å². The second-order valence-corrected chi connectivity index (χ2v) is 7.37. The molecule has 144 valence electrons. The number of nitrogens with zero attached hydrogens (tertiary/aromatic N) is 3. The number of hydrogen-bond donors (Lipinski definition) is 2. The highest BCUT2D eigenvalue weighted by Crippen LogP contribution is 2.16. The molecule has 25 heavy (non-hydrogen) atoms. The second-order valence-electron chi connectivity index (χ2n) is 6.09. The van der Waals surface area contributed by atoms with Crippen molar-refractivity contribution in [2.45, 2.75) is 33.1 Å². The second kappa shape index (κ2) is 12.8. The van der Waals surface area contributed by atoms with Crippen molar-refractivity contribution >= 4 is 41.3 Å². The maximum atomic E-state index is 5.37. The van der Waals surface area contributed by atoms with Gasteiger partial charge in [-0.3, -0.25) is 9.89 Å². The van der Waals surface area contributed by atoms with Crippen molar-refractivity contribution in [1.29, 1.82) is 0 Å². The van der Waals surface area contributed by atoms with Gasteiger partial charge in [-0.2, -0.15) is 0 Å². The lowest BCUT2D eigenvalue weighted by molar-refractivity contribution is 0.0372. The molecule has 6 nitrogen and oxygen atoms in total. The van der Waals surface area contributed by atoms with E-state index in [1.165, 1.54) is 22.9 Å². The van der Waals surface area contributed by atoms with Gasteiger partial charge in [-0.05, 0) is 33.2 Å². The highest BCUT2D eigenvalue weighted by molar-refractivity contribution is 14.0. The first-order valence-corrected chi connectivity index (χ1v) is 9.68. The predicted octanol–water partition coefficient (Wildman–Crippen LogP) is 2.20. The largest absolute Gasteiger partial charge is 0.379 e. The predicted molar refractivity (Wildman–Crippen MR) is 117 cm³/mol. The summed E-state index contributed by atoms with van der Waals surface area (Å²) in [4.78, 5) is 12.6. The van der Waals surface area contributed by atoms with Gasteiger partial charge < -0.3 is 15.4 Å². The Morgan fingerprint density at radius 2 is 1.92 bits per heavy atom. The van der Waals surface area contributed by atoms with E-state index in [1.807, 2.05) is 7.05 Å². The van der Waals surface area contributed by atoms with Crippen LogP contribution in [0.2, 0.25) is 0 Å². The Balaban J connectivity index is 0.00000312. The average molecular weight is 481 g/mol. The molecule has 2 rings (SSSR count). The molecule has 2 heterocycles. The van der Waals surface area contributed by atoms with Crippen LogP contribution in [0.3, 0.4) is 0 Å². The molecule has 2 N–H and O–H groups in total. The Bertz CT molecular complexity index is 498. The lowest BCUT2D eigenvalue weighted by Gasteiger charge is -2.26. The number of ether oxygens (including phenoxy) is 1. The van der Waals surface area contributed by atoms with Gasteiger partial charge in [0, 0.05) is 44.5 Å². The molecular weight excluding hydrogens is 449 g/mol. The molecule has 0 aromatic carbocycles. The van der Waals surface area contributed by atoms with Crippen molar-refractivity contribution in [3.8, 4) is 0 Å². The van der Waals surface area contributed by atoms with E-state index >= 15 is 0 Å². The highest BCUT2D eigenvalue weighted by atomic mass is 127. The zero-order valence-electron chi connectivity index (χ0n) is 15.6. The van der Waals surface area contributed by atoms with Crippen LogP contribution in [-0.2, 0) is 11.2 Å². The minimum Gasteiger partial charge on any atom is -0.379 e. The van der Waals surface area contributed by atoms with E-state index in [4.69, 9.17) is 4.74 Å². The van der Waals surface area contributed by atoms with E-state index in [1.54, 1.807) is 11.3 Å². The Labute approximate surface area is 172 Å². The molecule has 0 unspecified atom stereocenters. The number of unbranched alkanes of at least 4 members (excludes halogenated alkanes) is 1. The van der Waals surface area contributed by atoms with Crippen LogP contribution in [0.4, 0.5) is 0 Å². The maximum Gasteiger partial charge on any atom is 0.190 e. The molecule has 0 bridgehead atoms. The number of aromatic nitrogens is 1. The summed E-state index contributed by atoms with van der Waals surface area (Å²) >= 11 is 1.79. The molecule has 0 atom stereocenters. The summed E-state index contributed by atoms with van der Waals surface area (Å²) in [5.41, 5.74) is 1.15. The minimum atomic E-state index is 0. The van der Waals surface area contributed by atoms with E-state index in [0.717, 1.165) is 63.9 Å². The fourth-order valence-corrected chi connectivity index (χ4v) is 3.58. The number of morpholine rings is 1. The van der Waals surface area contributed by atoms with Crippen LogP contribution >= 0.6 is 35.3 Å². The number of aliphatic imine (C=N–C) groups is 1. The van der Waals surface area contributed by atoms with Gasteiger partial charge in [0.05, 0.1) is 23.9 Å². The Morgan fingerprint density at radius 3 is 2.56 bits per heavy atom. The lowest BCUT2D eigenvalue weighted by atomic mass is 10.3. The van der Waals surface area contributed by atoms with Crippen molar-refractivity contribution < 1.29 is 4.74 Å². The fraction of sp³-hybridized carbons (Fsp3) is 0.765. The van der Waals surface area contributed by atoms with E-state index < -0.39 is 0 Å². The maximum absolute atomic E-state index is 5.37. The normalized spacial score (nSPS) is 15.7. The summed E-state index contributed by atoms with van der Waals surface area (Å²) in [6, 6.07) is 0. The van der Waals surface area contributed by atoms with Crippen LogP contribution in [0.1, 0.15) is 28.4 Å². The average Bonchev–Trinajstić information content (AvgIpc) is 2.92. The van der Waals surface area contributed by atoms with Crippen LogP contribution in [-0.4, -0.2) is 68.8 Å². The number of halogens is 1. The lowest BCUT2D eigenvalue weighted by Crippen LogP contribution is -2.39. The molecule has 1 aromatic heterocycles. The van der Waals surface area contributed by atoms with Crippen molar-refractivity contribution in [2.75, 3.05) is 53.0 Å².